The maximum absolute atomic E-state index is 11.4. The highest BCUT2D eigenvalue weighted by Crippen LogP contribution is 2.23. The Kier molecular flexibility index (Phi) is 3.05. The van der Waals surface area contributed by atoms with Gasteiger partial charge in [-0.2, -0.15) is 5.10 Å². The molecule has 3 rings (SSSR count). The summed E-state index contributed by atoms with van der Waals surface area (Å²) in [6, 6.07) is 21.2. The largest absolute Gasteiger partial charge is 0.364 e. The molecule has 0 atom stereocenters. The van der Waals surface area contributed by atoms with Crippen molar-refractivity contribution in [2.45, 2.75) is 0 Å². The number of nitrogens with zero attached hydrogens (tertiary/aromatic N) is 2. The fourth-order valence-electron chi connectivity index (χ4n) is 2.08. The number of aromatic nitrogens is 2. The van der Waals surface area contributed by atoms with Crippen LogP contribution >= 0.6 is 0 Å². The zero-order valence-corrected chi connectivity index (χ0v) is 10.7. The number of primary amides is 1. The first kappa shape index (κ1) is 12.2. The van der Waals surface area contributed by atoms with Gasteiger partial charge in [-0.15, -0.1) is 0 Å². The Morgan fingerprint density at radius 1 is 0.950 bits per heavy atom. The molecule has 0 aliphatic heterocycles. The zero-order chi connectivity index (χ0) is 13.9. The van der Waals surface area contributed by atoms with Crippen molar-refractivity contribution in [3.8, 4) is 16.9 Å². The van der Waals surface area contributed by atoms with Crippen LogP contribution in [0.1, 0.15) is 10.5 Å². The lowest BCUT2D eigenvalue weighted by Gasteiger charge is -2.07. The van der Waals surface area contributed by atoms with Crippen LogP contribution in [0.25, 0.3) is 16.9 Å². The molecule has 1 aromatic heterocycles. The molecule has 0 bridgehead atoms. The van der Waals surface area contributed by atoms with Gasteiger partial charge in [0, 0.05) is 5.56 Å². The standard InChI is InChI=1S/C16H13N3O/c17-16(20)14-11-15(12-7-3-1-4-8-12)19(18-14)13-9-5-2-6-10-13/h1-11H,(H2,17,20). The van der Waals surface area contributed by atoms with Gasteiger partial charge in [0.2, 0.25) is 0 Å². The summed E-state index contributed by atoms with van der Waals surface area (Å²) < 4.78 is 1.73. The second kappa shape index (κ2) is 5.01. The molecule has 98 valence electrons. The van der Waals surface area contributed by atoms with Crippen molar-refractivity contribution < 1.29 is 4.79 Å². The van der Waals surface area contributed by atoms with Crippen molar-refractivity contribution in [1.29, 1.82) is 0 Å². The molecule has 0 saturated carbocycles. The van der Waals surface area contributed by atoms with E-state index in [-0.39, 0.29) is 5.69 Å². The summed E-state index contributed by atoms with van der Waals surface area (Å²) in [4.78, 5) is 11.4. The highest BCUT2D eigenvalue weighted by molar-refractivity contribution is 5.92. The van der Waals surface area contributed by atoms with Crippen molar-refractivity contribution in [1.82, 2.24) is 9.78 Å². The van der Waals surface area contributed by atoms with Crippen LogP contribution in [-0.2, 0) is 0 Å². The van der Waals surface area contributed by atoms with E-state index in [1.165, 1.54) is 0 Å². The van der Waals surface area contributed by atoms with E-state index in [1.54, 1.807) is 10.7 Å². The first-order valence-electron chi connectivity index (χ1n) is 6.26. The lowest BCUT2D eigenvalue weighted by Crippen LogP contribution is -2.12. The normalized spacial score (nSPS) is 10.4. The summed E-state index contributed by atoms with van der Waals surface area (Å²) >= 11 is 0. The summed E-state index contributed by atoms with van der Waals surface area (Å²) in [7, 11) is 0. The average Bonchev–Trinajstić information content (AvgIpc) is 2.94. The van der Waals surface area contributed by atoms with Crippen LogP contribution in [0.15, 0.2) is 66.7 Å². The third-order valence-corrected chi connectivity index (χ3v) is 3.03. The van der Waals surface area contributed by atoms with Gasteiger partial charge in [0.1, 0.15) is 0 Å². The van der Waals surface area contributed by atoms with Crippen molar-refractivity contribution in [2.75, 3.05) is 0 Å². The van der Waals surface area contributed by atoms with Crippen molar-refractivity contribution >= 4 is 5.91 Å². The third kappa shape index (κ3) is 2.19. The minimum absolute atomic E-state index is 0.257. The number of carbonyl (C=O) groups is 1. The molecule has 0 radical (unpaired) electrons. The lowest BCUT2D eigenvalue weighted by molar-refractivity contribution is 0.0995. The van der Waals surface area contributed by atoms with Gasteiger partial charge in [-0.3, -0.25) is 4.79 Å². The molecule has 0 fully saturated rings. The minimum Gasteiger partial charge on any atom is -0.364 e. The highest BCUT2D eigenvalue weighted by Gasteiger charge is 2.14. The van der Waals surface area contributed by atoms with E-state index in [4.69, 9.17) is 5.73 Å². The fraction of sp³-hybridized carbons (Fsp3) is 0. The Labute approximate surface area is 116 Å². The van der Waals surface area contributed by atoms with Crippen LogP contribution < -0.4 is 5.73 Å². The Morgan fingerprint density at radius 2 is 1.55 bits per heavy atom. The van der Waals surface area contributed by atoms with Gasteiger partial charge in [-0.1, -0.05) is 48.5 Å². The Hall–Kier alpha value is -2.88. The van der Waals surface area contributed by atoms with Gasteiger partial charge in [-0.05, 0) is 18.2 Å². The van der Waals surface area contributed by atoms with Crippen molar-refractivity contribution in [3.05, 3.63) is 72.4 Å². The topological polar surface area (TPSA) is 60.9 Å². The maximum atomic E-state index is 11.4. The smallest absolute Gasteiger partial charge is 0.269 e. The fourth-order valence-corrected chi connectivity index (χ4v) is 2.08. The first-order valence-corrected chi connectivity index (χ1v) is 6.26. The molecule has 2 N–H and O–H groups in total. The van der Waals surface area contributed by atoms with Gasteiger partial charge in [0.15, 0.2) is 5.69 Å². The molecule has 4 heteroatoms. The van der Waals surface area contributed by atoms with Crippen molar-refractivity contribution in [2.24, 2.45) is 5.73 Å². The van der Waals surface area contributed by atoms with Gasteiger partial charge in [0.25, 0.3) is 5.91 Å². The number of amides is 1. The SMILES string of the molecule is NC(=O)c1cc(-c2ccccc2)n(-c2ccccc2)n1. The monoisotopic (exact) mass is 263 g/mol. The molecule has 0 unspecified atom stereocenters. The van der Waals surface area contributed by atoms with Crippen LogP contribution in [-0.4, -0.2) is 15.7 Å². The summed E-state index contributed by atoms with van der Waals surface area (Å²) in [5.41, 5.74) is 8.30. The molecule has 0 saturated heterocycles. The predicted molar refractivity (Wildman–Crippen MR) is 77.5 cm³/mol. The van der Waals surface area contributed by atoms with Crippen LogP contribution in [0, 0.1) is 0 Å². The number of benzene rings is 2. The number of rotatable bonds is 3. The molecule has 0 aliphatic rings. The van der Waals surface area contributed by atoms with Gasteiger partial charge >= 0.3 is 0 Å². The van der Waals surface area contributed by atoms with E-state index < -0.39 is 5.91 Å². The molecular formula is C16H13N3O. The Morgan fingerprint density at radius 3 is 2.15 bits per heavy atom. The van der Waals surface area contributed by atoms with E-state index in [9.17, 15) is 4.79 Å². The van der Waals surface area contributed by atoms with E-state index in [2.05, 4.69) is 5.10 Å². The molecule has 1 amide bonds. The van der Waals surface area contributed by atoms with Crippen LogP contribution in [0.3, 0.4) is 0 Å². The number of carbonyl (C=O) groups excluding carboxylic acids is 1. The Bertz CT molecular complexity index is 676. The summed E-state index contributed by atoms with van der Waals surface area (Å²) in [6.07, 6.45) is 0. The molecule has 0 spiro atoms. The van der Waals surface area contributed by atoms with E-state index in [0.717, 1.165) is 16.9 Å². The van der Waals surface area contributed by atoms with Crippen LogP contribution in [0.2, 0.25) is 0 Å². The van der Waals surface area contributed by atoms with E-state index in [0.29, 0.717) is 0 Å². The predicted octanol–water partition coefficient (Wildman–Crippen LogP) is 2.64. The second-order valence-electron chi connectivity index (χ2n) is 4.39. The number of hydrogen-bond donors (Lipinski definition) is 1. The number of para-hydroxylation sites is 1. The Balaban J connectivity index is 2.20. The molecule has 20 heavy (non-hydrogen) atoms. The summed E-state index contributed by atoms with van der Waals surface area (Å²) in [5, 5.41) is 4.30. The minimum atomic E-state index is -0.531. The molecule has 4 nitrogen and oxygen atoms in total. The summed E-state index contributed by atoms with van der Waals surface area (Å²) in [5.74, 6) is -0.531. The van der Waals surface area contributed by atoms with Crippen LogP contribution in [0.4, 0.5) is 0 Å². The number of hydrogen-bond acceptors (Lipinski definition) is 2. The zero-order valence-electron chi connectivity index (χ0n) is 10.7. The molecule has 0 aliphatic carbocycles. The average molecular weight is 263 g/mol. The van der Waals surface area contributed by atoms with E-state index in [1.807, 2.05) is 60.7 Å². The lowest BCUT2D eigenvalue weighted by atomic mass is 10.1. The van der Waals surface area contributed by atoms with Gasteiger partial charge in [0.05, 0.1) is 11.4 Å². The second-order valence-corrected chi connectivity index (χ2v) is 4.39. The first-order chi connectivity index (χ1) is 9.75. The van der Waals surface area contributed by atoms with Crippen LogP contribution in [0.5, 0.6) is 0 Å². The molecule has 1 heterocycles. The van der Waals surface area contributed by atoms with Crippen molar-refractivity contribution in [3.63, 3.8) is 0 Å². The van der Waals surface area contributed by atoms with Gasteiger partial charge in [-0.25, -0.2) is 4.68 Å². The quantitative estimate of drug-likeness (QED) is 0.789. The van der Waals surface area contributed by atoms with E-state index >= 15 is 0 Å². The molecular weight excluding hydrogens is 250 g/mol. The summed E-state index contributed by atoms with van der Waals surface area (Å²) in [6.45, 7) is 0. The maximum Gasteiger partial charge on any atom is 0.269 e. The molecule has 3 aromatic rings. The highest BCUT2D eigenvalue weighted by atomic mass is 16.1. The molecule has 2 aromatic carbocycles. The number of nitrogens with two attached hydrogens (primary N) is 1. The third-order valence-electron chi connectivity index (χ3n) is 3.03. The van der Waals surface area contributed by atoms with Gasteiger partial charge < -0.3 is 5.73 Å².